The molecular weight excluding hydrogens is 311 g/mol. The van der Waals surface area contributed by atoms with Crippen LogP contribution in [0.15, 0.2) is 30.3 Å². The zero-order valence-electron chi connectivity index (χ0n) is 11.5. The molecule has 0 saturated carbocycles. The molecule has 1 heterocycles. The fraction of sp³-hybridized carbons (Fsp3) is 0.267. The number of aromatic nitrogens is 2. The van der Waals surface area contributed by atoms with Crippen LogP contribution in [0.1, 0.15) is 19.0 Å². The molecule has 2 rings (SSSR count). The maximum atomic E-state index is 11.4. The summed E-state index contributed by atoms with van der Waals surface area (Å²) in [7, 11) is 0. The molecule has 0 saturated heterocycles. The van der Waals surface area contributed by atoms with Crippen molar-refractivity contribution in [2.75, 3.05) is 6.61 Å². The lowest BCUT2D eigenvalue weighted by Crippen LogP contribution is -2.06. The summed E-state index contributed by atoms with van der Waals surface area (Å²) >= 11 is 11.9. The van der Waals surface area contributed by atoms with Crippen molar-refractivity contribution in [3.8, 4) is 11.4 Å². The third kappa shape index (κ3) is 4.69. The van der Waals surface area contributed by atoms with E-state index in [1.165, 1.54) is 0 Å². The third-order valence-electron chi connectivity index (χ3n) is 2.74. The van der Waals surface area contributed by atoms with Gasteiger partial charge in [-0.3, -0.25) is 4.79 Å². The summed E-state index contributed by atoms with van der Waals surface area (Å²) in [6.07, 6.45) is 0.725. The number of benzene rings is 1. The van der Waals surface area contributed by atoms with Gasteiger partial charge in [-0.2, -0.15) is 0 Å². The lowest BCUT2D eigenvalue weighted by molar-refractivity contribution is -0.143. The van der Waals surface area contributed by atoms with E-state index in [0.717, 1.165) is 5.56 Å². The van der Waals surface area contributed by atoms with Crippen molar-refractivity contribution < 1.29 is 9.53 Å². The van der Waals surface area contributed by atoms with Crippen LogP contribution in [0.2, 0.25) is 10.2 Å². The maximum absolute atomic E-state index is 11.4. The molecule has 0 spiro atoms. The predicted molar refractivity (Wildman–Crippen MR) is 82.4 cm³/mol. The Morgan fingerprint density at radius 3 is 2.57 bits per heavy atom. The number of aryl methyl sites for hydroxylation is 1. The number of hydrogen-bond donors (Lipinski definition) is 0. The Kier molecular flexibility index (Phi) is 5.53. The number of carbonyl (C=O) groups excluding carboxylic acids is 1. The Balaban J connectivity index is 2.17. The number of ether oxygens (including phenoxy) is 1. The van der Waals surface area contributed by atoms with Crippen LogP contribution in [0, 0.1) is 0 Å². The quantitative estimate of drug-likeness (QED) is 0.617. The summed E-state index contributed by atoms with van der Waals surface area (Å²) in [4.78, 5) is 20.0. The first-order valence-corrected chi connectivity index (χ1v) is 7.29. The zero-order chi connectivity index (χ0) is 15.2. The average Bonchev–Trinajstić information content (AvgIpc) is 2.46. The summed E-state index contributed by atoms with van der Waals surface area (Å²) < 4.78 is 4.89. The molecule has 0 N–H and O–H groups in total. The van der Waals surface area contributed by atoms with E-state index in [1.54, 1.807) is 25.1 Å². The van der Waals surface area contributed by atoms with E-state index in [0.29, 0.717) is 34.7 Å². The molecule has 6 heteroatoms. The van der Waals surface area contributed by atoms with E-state index < -0.39 is 0 Å². The van der Waals surface area contributed by atoms with Crippen LogP contribution in [0.25, 0.3) is 11.4 Å². The van der Waals surface area contributed by atoms with Crippen molar-refractivity contribution in [3.63, 3.8) is 0 Å². The molecule has 0 unspecified atom stereocenters. The number of hydrogen-bond acceptors (Lipinski definition) is 4. The second kappa shape index (κ2) is 7.38. The highest BCUT2D eigenvalue weighted by molar-refractivity contribution is 6.30. The lowest BCUT2D eigenvalue weighted by Gasteiger charge is -2.06. The van der Waals surface area contributed by atoms with Gasteiger partial charge in [0.2, 0.25) is 0 Å². The van der Waals surface area contributed by atoms with Gasteiger partial charge >= 0.3 is 5.97 Å². The Labute approximate surface area is 133 Å². The average molecular weight is 325 g/mol. The van der Waals surface area contributed by atoms with E-state index in [1.807, 2.05) is 12.1 Å². The number of rotatable bonds is 5. The minimum atomic E-state index is -0.250. The number of carbonyl (C=O) groups is 1. The Morgan fingerprint density at radius 2 is 1.90 bits per heavy atom. The molecule has 1 aromatic carbocycles. The van der Waals surface area contributed by atoms with Gasteiger partial charge in [0.05, 0.1) is 13.0 Å². The van der Waals surface area contributed by atoms with Gasteiger partial charge in [0.25, 0.3) is 0 Å². The highest BCUT2D eigenvalue weighted by Crippen LogP contribution is 2.20. The summed E-state index contributed by atoms with van der Waals surface area (Å²) in [6.45, 7) is 2.15. The smallest absolute Gasteiger partial charge is 0.306 e. The Hall–Kier alpha value is -1.65. The van der Waals surface area contributed by atoms with Crippen LogP contribution in [0.5, 0.6) is 0 Å². The first kappa shape index (κ1) is 15.7. The SMILES string of the molecule is CCOC(=O)CCc1cc(Cl)nc(-c2ccc(Cl)cc2)n1. The largest absolute Gasteiger partial charge is 0.466 e. The van der Waals surface area contributed by atoms with Gasteiger partial charge in [-0.1, -0.05) is 23.2 Å². The minimum absolute atomic E-state index is 0.250. The van der Waals surface area contributed by atoms with Gasteiger partial charge in [-0.25, -0.2) is 9.97 Å². The summed E-state index contributed by atoms with van der Waals surface area (Å²) in [5.41, 5.74) is 1.52. The fourth-order valence-electron chi connectivity index (χ4n) is 1.78. The Bertz CT molecular complexity index is 630. The second-order valence-electron chi connectivity index (χ2n) is 4.32. The Morgan fingerprint density at radius 1 is 1.19 bits per heavy atom. The summed E-state index contributed by atoms with van der Waals surface area (Å²) in [5.74, 6) is 0.262. The summed E-state index contributed by atoms with van der Waals surface area (Å²) in [6, 6.07) is 8.82. The van der Waals surface area contributed by atoms with Crippen LogP contribution in [-0.2, 0) is 16.0 Å². The van der Waals surface area contributed by atoms with Gasteiger partial charge in [0.15, 0.2) is 5.82 Å². The molecule has 21 heavy (non-hydrogen) atoms. The molecule has 0 fully saturated rings. The van der Waals surface area contributed by atoms with Crippen molar-refractivity contribution in [2.24, 2.45) is 0 Å². The van der Waals surface area contributed by atoms with Crippen LogP contribution < -0.4 is 0 Å². The number of halogens is 2. The van der Waals surface area contributed by atoms with Crippen molar-refractivity contribution in [2.45, 2.75) is 19.8 Å². The molecule has 2 aromatic rings. The number of esters is 1. The van der Waals surface area contributed by atoms with Gasteiger partial charge in [0, 0.05) is 22.7 Å². The molecule has 110 valence electrons. The molecule has 1 aromatic heterocycles. The maximum Gasteiger partial charge on any atom is 0.306 e. The van der Waals surface area contributed by atoms with E-state index in [9.17, 15) is 4.79 Å². The minimum Gasteiger partial charge on any atom is -0.466 e. The monoisotopic (exact) mass is 324 g/mol. The lowest BCUT2D eigenvalue weighted by atomic mass is 10.2. The van der Waals surface area contributed by atoms with Crippen molar-refractivity contribution in [3.05, 3.63) is 46.2 Å². The first-order chi connectivity index (χ1) is 10.1. The topological polar surface area (TPSA) is 52.1 Å². The predicted octanol–water partition coefficient (Wildman–Crippen LogP) is 3.95. The van der Waals surface area contributed by atoms with Gasteiger partial charge in [0.1, 0.15) is 5.15 Å². The van der Waals surface area contributed by atoms with E-state index in [4.69, 9.17) is 27.9 Å². The van der Waals surface area contributed by atoms with Crippen LogP contribution in [0.3, 0.4) is 0 Å². The number of nitrogens with zero attached hydrogens (tertiary/aromatic N) is 2. The van der Waals surface area contributed by atoms with Crippen molar-refractivity contribution >= 4 is 29.2 Å². The molecule has 0 aliphatic carbocycles. The zero-order valence-corrected chi connectivity index (χ0v) is 13.0. The van der Waals surface area contributed by atoms with E-state index >= 15 is 0 Å². The fourth-order valence-corrected chi connectivity index (χ4v) is 2.12. The highest BCUT2D eigenvalue weighted by atomic mass is 35.5. The van der Waals surface area contributed by atoms with Crippen molar-refractivity contribution in [1.29, 1.82) is 0 Å². The molecule has 0 radical (unpaired) electrons. The molecular formula is C15H14Cl2N2O2. The normalized spacial score (nSPS) is 10.4. The van der Waals surface area contributed by atoms with Gasteiger partial charge < -0.3 is 4.74 Å². The molecule has 0 atom stereocenters. The standard InChI is InChI=1S/C15H14Cl2N2O2/c1-2-21-14(20)8-7-12-9-13(17)19-15(18-12)10-3-5-11(16)6-4-10/h3-6,9H,2,7-8H2,1H3. The second-order valence-corrected chi connectivity index (χ2v) is 5.14. The van der Waals surface area contributed by atoms with Crippen molar-refractivity contribution in [1.82, 2.24) is 9.97 Å². The molecule has 0 aliphatic rings. The van der Waals surface area contributed by atoms with E-state index in [2.05, 4.69) is 9.97 Å². The van der Waals surface area contributed by atoms with Crippen LogP contribution >= 0.6 is 23.2 Å². The molecule has 4 nitrogen and oxygen atoms in total. The van der Waals surface area contributed by atoms with Gasteiger partial charge in [-0.05, 0) is 37.3 Å². The molecule has 0 aliphatic heterocycles. The highest BCUT2D eigenvalue weighted by Gasteiger charge is 2.08. The summed E-state index contributed by atoms with van der Waals surface area (Å²) in [5, 5.41) is 0.983. The van der Waals surface area contributed by atoms with Crippen LogP contribution in [-0.4, -0.2) is 22.5 Å². The molecule has 0 amide bonds. The third-order valence-corrected chi connectivity index (χ3v) is 3.19. The van der Waals surface area contributed by atoms with Gasteiger partial charge in [-0.15, -0.1) is 0 Å². The molecule has 0 bridgehead atoms. The van der Waals surface area contributed by atoms with Crippen LogP contribution in [0.4, 0.5) is 0 Å². The van der Waals surface area contributed by atoms with E-state index in [-0.39, 0.29) is 12.4 Å². The first-order valence-electron chi connectivity index (χ1n) is 6.53.